The molecule has 32 heavy (non-hydrogen) atoms. The van der Waals surface area contributed by atoms with Crippen LogP contribution in [-0.4, -0.2) is 53.7 Å². The first kappa shape index (κ1) is 20.7. The van der Waals surface area contributed by atoms with Crippen molar-refractivity contribution in [2.75, 3.05) is 43.1 Å². The molecule has 0 saturated carbocycles. The molecular weight excluding hydrogens is 426 g/mol. The summed E-state index contributed by atoms with van der Waals surface area (Å²) in [6.45, 7) is 3.92. The Bertz CT molecular complexity index is 1120. The van der Waals surface area contributed by atoms with Gasteiger partial charge >= 0.3 is 6.03 Å². The predicted octanol–water partition coefficient (Wildman–Crippen LogP) is 4.22. The van der Waals surface area contributed by atoms with Crippen LogP contribution in [0.1, 0.15) is 11.3 Å². The number of hydrogen-bond donors (Lipinski definition) is 1. The van der Waals surface area contributed by atoms with Gasteiger partial charge in [0, 0.05) is 47.9 Å². The maximum absolute atomic E-state index is 13.0. The van der Waals surface area contributed by atoms with Crippen LogP contribution in [0.4, 0.5) is 16.3 Å². The molecule has 1 saturated heterocycles. The summed E-state index contributed by atoms with van der Waals surface area (Å²) >= 11 is 6.06. The normalized spacial score (nSPS) is 15.9. The van der Waals surface area contributed by atoms with E-state index in [0.717, 1.165) is 41.6 Å². The molecule has 8 heteroatoms. The van der Waals surface area contributed by atoms with E-state index in [1.165, 1.54) is 0 Å². The van der Waals surface area contributed by atoms with Crippen molar-refractivity contribution in [1.29, 1.82) is 0 Å². The van der Waals surface area contributed by atoms with E-state index in [0.29, 0.717) is 43.4 Å². The van der Waals surface area contributed by atoms with E-state index in [4.69, 9.17) is 26.3 Å². The molecule has 164 valence electrons. The van der Waals surface area contributed by atoms with Crippen molar-refractivity contribution < 1.29 is 9.53 Å². The molecule has 7 nitrogen and oxygen atoms in total. The molecule has 5 rings (SSSR count). The van der Waals surface area contributed by atoms with E-state index < -0.39 is 0 Å². The number of urea groups is 1. The van der Waals surface area contributed by atoms with Crippen molar-refractivity contribution in [2.24, 2.45) is 0 Å². The summed E-state index contributed by atoms with van der Waals surface area (Å²) in [5, 5.41) is 3.53. The number of nitrogens with one attached hydrogen (secondary N) is 1. The number of rotatable bonds is 3. The molecule has 3 aromatic rings. The molecule has 1 fully saturated rings. The highest BCUT2D eigenvalue weighted by Gasteiger charge is 2.28. The maximum Gasteiger partial charge on any atom is 0.322 e. The lowest BCUT2D eigenvalue weighted by Gasteiger charge is -2.34. The third kappa shape index (κ3) is 4.40. The summed E-state index contributed by atoms with van der Waals surface area (Å²) in [4.78, 5) is 26.8. The lowest BCUT2D eigenvalue weighted by atomic mass is 10.0. The molecule has 0 radical (unpaired) electrons. The Morgan fingerprint density at radius 3 is 2.59 bits per heavy atom. The van der Waals surface area contributed by atoms with Crippen LogP contribution in [0.5, 0.6) is 0 Å². The van der Waals surface area contributed by atoms with Crippen LogP contribution in [0.3, 0.4) is 0 Å². The van der Waals surface area contributed by atoms with Gasteiger partial charge in [0.15, 0.2) is 5.82 Å². The Labute approximate surface area is 192 Å². The molecule has 2 aliphatic rings. The minimum absolute atomic E-state index is 0.155. The van der Waals surface area contributed by atoms with Gasteiger partial charge in [-0.15, -0.1) is 0 Å². The van der Waals surface area contributed by atoms with E-state index in [9.17, 15) is 4.79 Å². The number of aromatic nitrogens is 2. The van der Waals surface area contributed by atoms with E-state index in [-0.39, 0.29) is 6.03 Å². The number of ether oxygens (including phenoxy) is 1. The van der Waals surface area contributed by atoms with Crippen molar-refractivity contribution in [1.82, 2.24) is 14.9 Å². The van der Waals surface area contributed by atoms with Crippen LogP contribution in [0.25, 0.3) is 11.4 Å². The van der Waals surface area contributed by atoms with Gasteiger partial charge in [-0.3, -0.25) is 0 Å². The number of nitrogens with zero attached hydrogens (tertiary/aromatic N) is 4. The second-order valence-electron chi connectivity index (χ2n) is 7.87. The fourth-order valence-corrected chi connectivity index (χ4v) is 4.28. The number of fused-ring (bicyclic) bond motifs is 1. The fourth-order valence-electron chi connectivity index (χ4n) is 4.09. The molecule has 3 heterocycles. The van der Waals surface area contributed by atoms with Gasteiger partial charge in [0.25, 0.3) is 0 Å². The van der Waals surface area contributed by atoms with Crippen LogP contribution >= 0.6 is 11.6 Å². The Kier molecular flexibility index (Phi) is 5.92. The van der Waals surface area contributed by atoms with Crippen molar-refractivity contribution in [3.8, 4) is 11.4 Å². The number of morpholine rings is 1. The molecule has 2 amide bonds. The minimum atomic E-state index is -0.155. The second kappa shape index (κ2) is 9.14. The molecule has 1 aromatic heterocycles. The average molecular weight is 450 g/mol. The van der Waals surface area contributed by atoms with Crippen LogP contribution in [0.15, 0.2) is 54.6 Å². The third-order valence-electron chi connectivity index (χ3n) is 5.74. The zero-order valence-electron chi connectivity index (χ0n) is 17.6. The first-order valence-electron chi connectivity index (χ1n) is 10.8. The van der Waals surface area contributed by atoms with Gasteiger partial charge in [0.2, 0.25) is 0 Å². The third-order valence-corrected chi connectivity index (χ3v) is 5.98. The van der Waals surface area contributed by atoms with Gasteiger partial charge < -0.3 is 19.9 Å². The number of carbonyl (C=O) groups is 1. The second-order valence-corrected chi connectivity index (χ2v) is 8.31. The first-order valence-corrected chi connectivity index (χ1v) is 11.1. The monoisotopic (exact) mass is 449 g/mol. The Morgan fingerprint density at radius 2 is 1.81 bits per heavy atom. The number of amides is 2. The van der Waals surface area contributed by atoms with Crippen LogP contribution in [0, 0.1) is 0 Å². The van der Waals surface area contributed by atoms with Gasteiger partial charge in [-0.25, -0.2) is 14.8 Å². The zero-order chi connectivity index (χ0) is 21.9. The predicted molar refractivity (Wildman–Crippen MR) is 125 cm³/mol. The summed E-state index contributed by atoms with van der Waals surface area (Å²) in [5.41, 5.74) is 3.69. The van der Waals surface area contributed by atoms with Crippen molar-refractivity contribution in [3.63, 3.8) is 0 Å². The molecule has 0 unspecified atom stereocenters. The Hall–Kier alpha value is -3.16. The van der Waals surface area contributed by atoms with Crippen LogP contribution in [-0.2, 0) is 17.7 Å². The SMILES string of the molecule is O=C(Nc1cccc(Cl)c1)N1CCc2nc(-c3ccccc3)nc(N3CCOCC3)c2C1. The van der Waals surface area contributed by atoms with Crippen molar-refractivity contribution in [3.05, 3.63) is 70.9 Å². The number of halogens is 1. The van der Waals surface area contributed by atoms with Crippen molar-refractivity contribution in [2.45, 2.75) is 13.0 Å². The van der Waals surface area contributed by atoms with Gasteiger partial charge in [0.05, 0.1) is 25.5 Å². The topological polar surface area (TPSA) is 70.6 Å². The molecule has 0 atom stereocenters. The molecule has 1 N–H and O–H groups in total. The summed E-state index contributed by atoms with van der Waals surface area (Å²) in [6.07, 6.45) is 0.679. The quantitative estimate of drug-likeness (QED) is 0.648. The highest BCUT2D eigenvalue weighted by atomic mass is 35.5. The zero-order valence-corrected chi connectivity index (χ0v) is 18.4. The molecule has 2 aliphatic heterocycles. The largest absolute Gasteiger partial charge is 0.378 e. The molecular formula is C24H24ClN5O2. The summed E-state index contributed by atoms with van der Waals surface area (Å²) in [5.74, 6) is 1.63. The van der Waals surface area contributed by atoms with Gasteiger partial charge in [-0.1, -0.05) is 48.0 Å². The maximum atomic E-state index is 13.0. The van der Waals surface area contributed by atoms with Gasteiger partial charge in [0.1, 0.15) is 5.82 Å². The van der Waals surface area contributed by atoms with Crippen LogP contribution in [0.2, 0.25) is 5.02 Å². The highest BCUT2D eigenvalue weighted by Crippen LogP contribution is 2.30. The smallest absolute Gasteiger partial charge is 0.322 e. The standard InChI is InChI=1S/C24H24ClN5O2/c25-18-7-4-8-19(15-18)26-24(31)30-10-9-21-20(16-30)23(29-11-13-32-14-12-29)28-22(27-21)17-5-2-1-3-6-17/h1-8,15H,9-14,16H2,(H,26,31). The highest BCUT2D eigenvalue weighted by molar-refractivity contribution is 6.30. The van der Waals surface area contributed by atoms with Crippen molar-refractivity contribution >= 4 is 29.1 Å². The number of anilines is 2. The van der Waals surface area contributed by atoms with Crippen LogP contribution < -0.4 is 10.2 Å². The molecule has 0 spiro atoms. The van der Waals surface area contributed by atoms with Gasteiger partial charge in [-0.2, -0.15) is 0 Å². The fraction of sp³-hybridized carbons (Fsp3) is 0.292. The van der Waals surface area contributed by atoms with E-state index in [1.807, 2.05) is 42.5 Å². The Balaban J connectivity index is 1.45. The molecule has 0 aliphatic carbocycles. The first-order chi connectivity index (χ1) is 15.7. The van der Waals surface area contributed by atoms with E-state index >= 15 is 0 Å². The average Bonchev–Trinajstić information content (AvgIpc) is 2.84. The number of benzene rings is 2. The lowest BCUT2D eigenvalue weighted by Crippen LogP contribution is -2.42. The van der Waals surface area contributed by atoms with E-state index in [1.54, 1.807) is 17.0 Å². The van der Waals surface area contributed by atoms with Gasteiger partial charge in [-0.05, 0) is 18.2 Å². The summed E-state index contributed by atoms with van der Waals surface area (Å²) in [7, 11) is 0. The summed E-state index contributed by atoms with van der Waals surface area (Å²) in [6, 6.07) is 17.0. The minimum Gasteiger partial charge on any atom is -0.378 e. The van der Waals surface area contributed by atoms with E-state index in [2.05, 4.69) is 10.2 Å². The Morgan fingerprint density at radius 1 is 1.00 bits per heavy atom. The summed E-state index contributed by atoms with van der Waals surface area (Å²) < 4.78 is 5.55. The molecule has 0 bridgehead atoms. The number of carbonyl (C=O) groups excluding carboxylic acids is 1. The number of hydrogen-bond acceptors (Lipinski definition) is 5. The lowest BCUT2D eigenvalue weighted by molar-refractivity contribution is 0.122. The molecule has 2 aromatic carbocycles.